The van der Waals surface area contributed by atoms with Crippen LogP contribution in [0, 0.1) is 18.3 Å². The van der Waals surface area contributed by atoms with Gasteiger partial charge in [-0.15, -0.1) is 0 Å². The summed E-state index contributed by atoms with van der Waals surface area (Å²) in [5, 5.41) is 23.0. The Bertz CT molecular complexity index is 1270. The van der Waals surface area contributed by atoms with Crippen molar-refractivity contribution in [2.24, 2.45) is 0 Å². The fourth-order valence-electron chi connectivity index (χ4n) is 2.91. The number of hydrogen-bond donors (Lipinski definition) is 2. The molecule has 0 atom stereocenters. The van der Waals surface area contributed by atoms with Crippen LogP contribution in [-0.4, -0.2) is 19.5 Å². The van der Waals surface area contributed by atoms with Crippen LogP contribution in [0.3, 0.4) is 0 Å². The first-order chi connectivity index (χ1) is 13.5. The average Bonchev–Trinajstić information content (AvgIpc) is 3.16. The van der Waals surface area contributed by atoms with Crippen molar-refractivity contribution in [3.05, 3.63) is 65.8 Å². The average molecular weight is 392 g/mol. The van der Waals surface area contributed by atoms with Crippen molar-refractivity contribution in [2.75, 3.05) is 5.32 Å². The van der Waals surface area contributed by atoms with Crippen LogP contribution in [0.4, 0.5) is 11.5 Å². The molecular weight excluding hydrogens is 378 g/mol. The number of aromatic hydroxyl groups is 1. The molecule has 0 fully saturated rings. The van der Waals surface area contributed by atoms with E-state index < -0.39 is 0 Å². The van der Waals surface area contributed by atoms with E-state index in [4.69, 9.17) is 21.6 Å². The summed E-state index contributed by atoms with van der Waals surface area (Å²) in [6.45, 7) is 5.41. The van der Waals surface area contributed by atoms with Gasteiger partial charge in [0.05, 0.1) is 34.3 Å². The second-order valence-corrected chi connectivity index (χ2v) is 6.52. The highest BCUT2D eigenvalue weighted by Crippen LogP contribution is 2.35. The van der Waals surface area contributed by atoms with E-state index in [0.717, 1.165) is 11.3 Å². The number of allylic oxidation sites excluding steroid dienone is 1. The van der Waals surface area contributed by atoms with Crippen LogP contribution < -0.4 is 10.1 Å². The summed E-state index contributed by atoms with van der Waals surface area (Å²) < 4.78 is 7.09. The maximum Gasteiger partial charge on any atom is 0.197 e. The Hall–Kier alpha value is -3.76. The van der Waals surface area contributed by atoms with Gasteiger partial charge < -0.3 is 15.2 Å². The van der Waals surface area contributed by atoms with Crippen molar-refractivity contribution in [3.63, 3.8) is 0 Å². The molecule has 2 aromatic carbocycles. The summed E-state index contributed by atoms with van der Waals surface area (Å²) in [7, 11) is 0. The van der Waals surface area contributed by atoms with E-state index in [1.165, 1.54) is 6.07 Å². The number of benzene rings is 2. The predicted octanol–water partition coefficient (Wildman–Crippen LogP) is 4.71. The maximum atomic E-state index is 10.3. The number of nitriles is 1. The lowest BCUT2D eigenvalue weighted by Gasteiger charge is -2.14. The minimum Gasteiger partial charge on any atom is -0.504 e. The number of imidazole rings is 1. The Balaban J connectivity index is 1.90. The molecule has 2 aromatic heterocycles. The van der Waals surface area contributed by atoms with Gasteiger partial charge in [0, 0.05) is 12.1 Å². The molecule has 0 radical (unpaired) electrons. The molecule has 7 nitrogen and oxygen atoms in total. The highest BCUT2D eigenvalue weighted by atomic mass is 35.5. The number of hydrogen-bond acceptors (Lipinski definition) is 6. The summed E-state index contributed by atoms with van der Waals surface area (Å²) >= 11 is 6.33. The number of rotatable bonds is 4. The second kappa shape index (κ2) is 6.76. The molecule has 8 heteroatoms. The number of phenolic OH excluding ortho intramolecular Hbond substituents is 1. The number of nitrogens with one attached hydrogen (secondary N) is 1. The van der Waals surface area contributed by atoms with Gasteiger partial charge in [-0.3, -0.25) is 4.40 Å². The van der Waals surface area contributed by atoms with Crippen LogP contribution in [0.25, 0.3) is 16.6 Å². The summed E-state index contributed by atoms with van der Waals surface area (Å²) in [5.41, 5.74) is 3.57. The Morgan fingerprint density at radius 3 is 2.93 bits per heavy atom. The molecular formula is C20H14ClN5O2. The molecule has 2 heterocycles. The molecule has 0 bridgehead atoms. The van der Waals surface area contributed by atoms with Gasteiger partial charge in [0.25, 0.3) is 0 Å². The third-order valence-corrected chi connectivity index (χ3v) is 4.57. The zero-order valence-corrected chi connectivity index (χ0v) is 15.5. The van der Waals surface area contributed by atoms with Crippen molar-refractivity contribution >= 4 is 39.7 Å². The van der Waals surface area contributed by atoms with Gasteiger partial charge in [0.1, 0.15) is 11.6 Å². The molecule has 0 saturated carbocycles. The maximum absolute atomic E-state index is 10.3. The molecule has 2 N–H and O–H groups in total. The lowest BCUT2D eigenvalue weighted by molar-refractivity contribution is 0.396. The summed E-state index contributed by atoms with van der Waals surface area (Å²) in [6, 6.07) is 10.4. The molecule has 0 aliphatic heterocycles. The van der Waals surface area contributed by atoms with Crippen molar-refractivity contribution in [2.45, 2.75) is 6.92 Å². The lowest BCUT2D eigenvalue weighted by Crippen LogP contribution is -2.01. The third kappa shape index (κ3) is 2.96. The highest BCUT2D eigenvalue weighted by molar-refractivity contribution is 6.33. The van der Waals surface area contributed by atoms with E-state index >= 15 is 0 Å². The van der Waals surface area contributed by atoms with E-state index in [1.807, 2.05) is 19.1 Å². The number of para-hydroxylation sites is 1. The Kier molecular flexibility index (Phi) is 4.26. The minimum absolute atomic E-state index is 0.110. The fourth-order valence-corrected chi connectivity index (χ4v) is 3.18. The number of phenols is 1. The first kappa shape index (κ1) is 17.6. The van der Waals surface area contributed by atoms with Crippen LogP contribution in [0.15, 0.2) is 55.2 Å². The molecule has 4 rings (SSSR count). The standard InChI is InChI=1S/C20H14ClN5O2/c1-11-4-3-5-13(21)19(11)25-20-16-9-23-10-26(16)15-7-18(28-12(2)8-22)17(27)6-14(15)24-20/h3-7,9-10,27H,2H2,1H3,(H,24,25). The predicted molar refractivity (Wildman–Crippen MR) is 107 cm³/mol. The van der Waals surface area contributed by atoms with Gasteiger partial charge in [0.15, 0.2) is 23.1 Å². The lowest BCUT2D eigenvalue weighted by atomic mass is 10.2. The number of anilines is 2. The normalized spacial score (nSPS) is 10.8. The van der Waals surface area contributed by atoms with Crippen LogP contribution in [-0.2, 0) is 0 Å². The SMILES string of the molecule is C=C(C#N)Oc1cc2c(cc1O)nc(Nc1c(C)cccc1Cl)c1cncn12. The van der Waals surface area contributed by atoms with Gasteiger partial charge in [-0.2, -0.15) is 5.26 Å². The van der Waals surface area contributed by atoms with Gasteiger partial charge in [-0.05, 0) is 25.1 Å². The molecule has 0 saturated heterocycles. The van der Waals surface area contributed by atoms with E-state index in [0.29, 0.717) is 27.4 Å². The summed E-state index contributed by atoms with van der Waals surface area (Å²) in [4.78, 5) is 8.83. The van der Waals surface area contributed by atoms with Crippen molar-refractivity contribution < 1.29 is 9.84 Å². The number of aromatic nitrogens is 3. The number of fused-ring (bicyclic) bond motifs is 3. The number of aryl methyl sites for hydroxylation is 1. The molecule has 0 aliphatic carbocycles. The van der Waals surface area contributed by atoms with Gasteiger partial charge >= 0.3 is 0 Å². The highest BCUT2D eigenvalue weighted by Gasteiger charge is 2.15. The van der Waals surface area contributed by atoms with Crippen LogP contribution in [0.1, 0.15) is 5.56 Å². The molecule has 0 aliphatic rings. The fraction of sp³-hybridized carbons (Fsp3) is 0.0500. The van der Waals surface area contributed by atoms with E-state index in [-0.39, 0.29) is 17.3 Å². The Morgan fingerprint density at radius 1 is 1.36 bits per heavy atom. The van der Waals surface area contributed by atoms with Crippen LogP contribution in [0.2, 0.25) is 5.02 Å². The number of nitrogens with zero attached hydrogens (tertiary/aromatic N) is 4. The Labute approximate surface area is 165 Å². The van der Waals surface area contributed by atoms with E-state index in [2.05, 4.69) is 21.9 Å². The van der Waals surface area contributed by atoms with Gasteiger partial charge in [-0.1, -0.05) is 23.7 Å². The second-order valence-electron chi connectivity index (χ2n) is 6.11. The minimum atomic E-state index is -0.157. The molecule has 0 unspecified atom stereocenters. The first-order valence-corrected chi connectivity index (χ1v) is 8.63. The molecule has 0 spiro atoms. The smallest absolute Gasteiger partial charge is 0.197 e. The monoisotopic (exact) mass is 391 g/mol. The number of halogens is 1. The van der Waals surface area contributed by atoms with Crippen molar-refractivity contribution in [1.29, 1.82) is 5.26 Å². The van der Waals surface area contributed by atoms with E-state index in [1.54, 1.807) is 35.1 Å². The van der Waals surface area contributed by atoms with Crippen molar-refractivity contribution in [3.8, 4) is 17.6 Å². The first-order valence-electron chi connectivity index (χ1n) is 8.25. The summed E-state index contributed by atoms with van der Waals surface area (Å²) in [5.74, 6) is 0.363. The van der Waals surface area contributed by atoms with Crippen LogP contribution in [0.5, 0.6) is 11.5 Å². The molecule has 28 heavy (non-hydrogen) atoms. The van der Waals surface area contributed by atoms with Crippen molar-refractivity contribution in [1.82, 2.24) is 14.4 Å². The van der Waals surface area contributed by atoms with Gasteiger partial charge in [-0.25, -0.2) is 9.97 Å². The van der Waals surface area contributed by atoms with Crippen LogP contribution >= 0.6 is 11.6 Å². The molecule has 4 aromatic rings. The quantitative estimate of drug-likeness (QED) is 0.386. The molecule has 0 amide bonds. The van der Waals surface area contributed by atoms with Gasteiger partial charge in [0.2, 0.25) is 0 Å². The topological polar surface area (TPSA) is 95.5 Å². The van der Waals surface area contributed by atoms with E-state index in [9.17, 15) is 5.11 Å². The third-order valence-electron chi connectivity index (χ3n) is 4.25. The largest absolute Gasteiger partial charge is 0.504 e. The Morgan fingerprint density at radius 2 is 2.18 bits per heavy atom. The summed E-state index contributed by atoms with van der Waals surface area (Å²) in [6.07, 6.45) is 3.30. The zero-order chi connectivity index (χ0) is 19.8. The zero-order valence-electron chi connectivity index (χ0n) is 14.8. The number of ether oxygens (including phenoxy) is 1. The molecule has 138 valence electrons.